The zero-order valence-electron chi connectivity index (χ0n) is 22.3. The quantitative estimate of drug-likeness (QED) is 0.267. The number of anilines is 1. The molecule has 1 heterocycles. The van der Waals surface area contributed by atoms with Gasteiger partial charge in [0.15, 0.2) is 0 Å². The number of carbonyl (C=O) groups is 2. The maximum atomic E-state index is 13.3. The van der Waals surface area contributed by atoms with Gasteiger partial charge in [0.25, 0.3) is 0 Å². The van der Waals surface area contributed by atoms with Gasteiger partial charge in [-0.25, -0.2) is 13.6 Å². The van der Waals surface area contributed by atoms with Crippen LogP contribution in [0, 0.1) is 34.3 Å². The molecule has 0 saturated carbocycles. The van der Waals surface area contributed by atoms with E-state index in [1.54, 1.807) is 24.3 Å². The molecule has 3 unspecified atom stereocenters. The molecule has 6 nitrogen and oxygen atoms in total. The van der Waals surface area contributed by atoms with Gasteiger partial charge in [0.2, 0.25) is 6.41 Å². The summed E-state index contributed by atoms with van der Waals surface area (Å²) in [4.78, 5) is 20.3. The number of nitrogens with one attached hydrogen (secondary N) is 2. The molecule has 40 heavy (non-hydrogen) atoms. The van der Waals surface area contributed by atoms with E-state index in [0.717, 1.165) is 18.5 Å². The highest BCUT2D eigenvalue weighted by molar-refractivity contribution is 6.31. The minimum absolute atomic E-state index is 0.0745. The predicted molar refractivity (Wildman–Crippen MR) is 154 cm³/mol. The van der Waals surface area contributed by atoms with Crippen molar-refractivity contribution in [2.75, 3.05) is 11.9 Å². The van der Waals surface area contributed by atoms with Gasteiger partial charge in [-0.1, -0.05) is 56.1 Å². The summed E-state index contributed by atoms with van der Waals surface area (Å²) in [5, 5.41) is 24.4. The van der Waals surface area contributed by atoms with Gasteiger partial charge in [0, 0.05) is 29.2 Å². The Labute approximate surface area is 242 Å². The van der Waals surface area contributed by atoms with Crippen molar-refractivity contribution in [1.29, 1.82) is 5.26 Å². The molecule has 1 amide bonds. The summed E-state index contributed by atoms with van der Waals surface area (Å²) in [5.74, 6) is -1.72. The number of nitriles is 1. The Hall–Kier alpha value is -3.51. The summed E-state index contributed by atoms with van der Waals surface area (Å²) in [6.07, 6.45) is 1.48. The van der Waals surface area contributed by atoms with Gasteiger partial charge in [0.1, 0.15) is 11.6 Å². The van der Waals surface area contributed by atoms with Crippen LogP contribution in [0.4, 0.5) is 14.5 Å². The largest absolute Gasteiger partial charge is 0.478 e. The van der Waals surface area contributed by atoms with Crippen molar-refractivity contribution in [3.05, 3.63) is 99.5 Å². The zero-order chi connectivity index (χ0) is 29.9. The van der Waals surface area contributed by atoms with Gasteiger partial charge in [-0.2, -0.15) is 5.26 Å². The number of benzene rings is 3. The lowest BCUT2D eigenvalue weighted by molar-refractivity contribution is -0.105. The molecule has 1 saturated heterocycles. The van der Waals surface area contributed by atoms with E-state index >= 15 is 0 Å². The Bertz CT molecular complexity index is 1310. The summed E-state index contributed by atoms with van der Waals surface area (Å²) in [6.45, 7) is 7.25. The number of carboxylic acid groups (broad SMARTS) is 1. The van der Waals surface area contributed by atoms with Crippen molar-refractivity contribution in [2.24, 2.45) is 11.3 Å². The van der Waals surface area contributed by atoms with Gasteiger partial charge in [-0.05, 0) is 72.0 Å². The summed E-state index contributed by atoms with van der Waals surface area (Å²) in [5.41, 5.74) is 1.88. The van der Waals surface area contributed by atoms with Crippen molar-refractivity contribution >= 4 is 41.3 Å². The first-order valence-corrected chi connectivity index (χ1v) is 13.1. The number of halogens is 4. The molecular formula is C30H31Cl2F2N3O3. The highest BCUT2D eigenvalue weighted by Crippen LogP contribution is 2.37. The maximum Gasteiger partial charge on any atom is 0.335 e. The summed E-state index contributed by atoms with van der Waals surface area (Å²) < 4.78 is 25.3. The van der Waals surface area contributed by atoms with Crippen molar-refractivity contribution in [3.63, 3.8) is 0 Å². The lowest BCUT2D eigenvalue weighted by Gasteiger charge is -2.25. The second kappa shape index (κ2) is 15.3. The third-order valence-corrected chi connectivity index (χ3v) is 6.49. The molecule has 4 rings (SSSR count). The van der Waals surface area contributed by atoms with E-state index in [9.17, 15) is 23.6 Å². The fraction of sp³-hybridized carbons (Fsp3) is 0.300. The van der Waals surface area contributed by atoms with Crippen molar-refractivity contribution < 1.29 is 23.5 Å². The minimum atomic E-state index is -0.979. The van der Waals surface area contributed by atoms with Crippen LogP contribution < -0.4 is 10.6 Å². The standard InChI is InChI=1S/C16H20ClFN2.C8H7NO3.C6H4ClF/c1-16(2,3)7-15-11(8-19)12(9-20-15)10-4-5-14(18)13(17)6-10;10-5-9-7-3-1-6(2-4-7)8(11)12;7-5-2-1-3-6(8)4-5/h4-6,11-12,15,20H,7,9H2,1-3H3;1-5H,(H,9,10)(H,11,12);1-4H. The Balaban J connectivity index is 0.000000236. The highest BCUT2D eigenvalue weighted by atomic mass is 35.5. The topological polar surface area (TPSA) is 102 Å². The second-order valence-electron chi connectivity index (χ2n) is 10.3. The maximum absolute atomic E-state index is 13.3. The monoisotopic (exact) mass is 589 g/mol. The van der Waals surface area contributed by atoms with Crippen LogP contribution in [-0.2, 0) is 4.79 Å². The first-order valence-electron chi connectivity index (χ1n) is 12.4. The van der Waals surface area contributed by atoms with E-state index in [4.69, 9.17) is 28.3 Å². The number of hydrogen-bond donors (Lipinski definition) is 3. The highest BCUT2D eigenvalue weighted by Gasteiger charge is 2.38. The number of rotatable bonds is 5. The summed E-state index contributed by atoms with van der Waals surface area (Å²) in [6, 6.07) is 19.1. The fourth-order valence-corrected chi connectivity index (χ4v) is 4.52. The van der Waals surface area contributed by atoms with Crippen LogP contribution in [0.5, 0.6) is 0 Å². The molecule has 0 radical (unpaired) electrons. The summed E-state index contributed by atoms with van der Waals surface area (Å²) >= 11 is 11.3. The number of hydrogen-bond acceptors (Lipinski definition) is 4. The molecule has 3 atom stereocenters. The molecule has 0 bridgehead atoms. The Morgan fingerprint density at radius 3 is 2.27 bits per heavy atom. The molecule has 3 aromatic carbocycles. The van der Waals surface area contributed by atoms with E-state index < -0.39 is 11.8 Å². The van der Waals surface area contributed by atoms with Crippen LogP contribution in [-0.4, -0.2) is 30.1 Å². The van der Waals surface area contributed by atoms with Crippen LogP contribution >= 0.6 is 23.2 Å². The van der Waals surface area contributed by atoms with Gasteiger partial charge in [0.05, 0.1) is 22.6 Å². The average molecular weight is 590 g/mol. The van der Waals surface area contributed by atoms with Crippen molar-refractivity contribution in [3.8, 4) is 6.07 Å². The summed E-state index contributed by atoms with van der Waals surface area (Å²) in [7, 11) is 0. The molecule has 3 aromatic rings. The molecule has 1 aliphatic rings. The molecule has 212 valence electrons. The van der Waals surface area contributed by atoms with E-state index in [2.05, 4.69) is 37.5 Å². The van der Waals surface area contributed by atoms with E-state index in [0.29, 0.717) is 17.1 Å². The molecule has 1 aliphatic heterocycles. The fourth-order valence-electron chi connectivity index (χ4n) is 4.16. The van der Waals surface area contributed by atoms with Gasteiger partial charge in [-0.15, -0.1) is 0 Å². The van der Waals surface area contributed by atoms with Gasteiger partial charge >= 0.3 is 5.97 Å². The second-order valence-corrected chi connectivity index (χ2v) is 11.1. The number of nitrogens with zero attached hydrogens (tertiary/aromatic N) is 1. The molecule has 0 spiro atoms. The third-order valence-electron chi connectivity index (χ3n) is 5.96. The lowest BCUT2D eigenvalue weighted by atomic mass is 9.79. The molecule has 3 N–H and O–H groups in total. The number of carbonyl (C=O) groups excluding carboxylic acids is 1. The van der Waals surface area contributed by atoms with Crippen LogP contribution in [0.2, 0.25) is 10.0 Å². The average Bonchev–Trinajstić information content (AvgIpc) is 3.27. The lowest BCUT2D eigenvalue weighted by Crippen LogP contribution is -2.31. The molecular weight excluding hydrogens is 559 g/mol. The Morgan fingerprint density at radius 2 is 1.80 bits per heavy atom. The predicted octanol–water partition coefficient (Wildman–Crippen LogP) is 7.54. The normalized spacial score (nSPS) is 17.8. The molecule has 10 heteroatoms. The molecule has 1 fully saturated rings. The van der Waals surface area contributed by atoms with Crippen LogP contribution in [0.1, 0.15) is 49.0 Å². The number of carboxylic acids is 1. The number of aromatic carboxylic acids is 1. The molecule has 0 aromatic heterocycles. The van der Waals surface area contributed by atoms with Crippen LogP contribution in [0.15, 0.2) is 66.7 Å². The number of amides is 1. The zero-order valence-corrected chi connectivity index (χ0v) is 23.8. The van der Waals surface area contributed by atoms with Crippen LogP contribution in [0.25, 0.3) is 0 Å². The van der Waals surface area contributed by atoms with Crippen molar-refractivity contribution in [1.82, 2.24) is 5.32 Å². The van der Waals surface area contributed by atoms with E-state index in [1.807, 2.05) is 0 Å². The SMILES string of the molecule is CC(C)(C)CC1NCC(c2ccc(F)c(Cl)c2)C1C#N.Fc1cccc(Cl)c1.O=CNc1ccc(C(=O)O)cc1. The Morgan fingerprint density at radius 1 is 1.12 bits per heavy atom. The first-order chi connectivity index (χ1) is 18.8. The van der Waals surface area contributed by atoms with Crippen LogP contribution in [0.3, 0.4) is 0 Å². The van der Waals surface area contributed by atoms with Gasteiger partial charge in [-0.3, -0.25) is 4.79 Å². The Kier molecular flexibility index (Phi) is 12.5. The van der Waals surface area contributed by atoms with E-state index in [-0.39, 0.29) is 39.7 Å². The smallest absolute Gasteiger partial charge is 0.335 e. The third kappa shape index (κ3) is 10.6. The van der Waals surface area contributed by atoms with Gasteiger partial charge < -0.3 is 15.7 Å². The van der Waals surface area contributed by atoms with Crippen molar-refractivity contribution in [2.45, 2.75) is 39.2 Å². The van der Waals surface area contributed by atoms with E-state index in [1.165, 1.54) is 42.5 Å². The molecule has 0 aliphatic carbocycles. The minimum Gasteiger partial charge on any atom is -0.478 e. The first kappa shape index (κ1) is 32.7.